The quantitative estimate of drug-likeness (QED) is 0.665. The molecule has 5 nitrogen and oxygen atoms in total. The number of para-hydroxylation sites is 1. The van der Waals surface area contributed by atoms with Gasteiger partial charge in [0.2, 0.25) is 0 Å². The Kier molecular flexibility index (Phi) is 6.05. The van der Waals surface area contributed by atoms with Crippen molar-refractivity contribution >= 4 is 17.4 Å². The number of pyridine rings is 1. The van der Waals surface area contributed by atoms with Gasteiger partial charge in [0, 0.05) is 24.0 Å². The SMILES string of the molecule is COc1ccccc1CCNC(=O)c1ccnc(Nc2ccc(C)cc2)c1. The zero-order chi connectivity index (χ0) is 19.1. The molecule has 0 atom stereocenters. The average molecular weight is 361 g/mol. The third-order valence-corrected chi connectivity index (χ3v) is 4.22. The lowest BCUT2D eigenvalue weighted by Crippen LogP contribution is -2.25. The summed E-state index contributed by atoms with van der Waals surface area (Å²) in [4.78, 5) is 16.7. The summed E-state index contributed by atoms with van der Waals surface area (Å²) in [5, 5.41) is 6.16. The molecule has 3 rings (SSSR count). The third kappa shape index (κ3) is 5.07. The zero-order valence-electron chi connectivity index (χ0n) is 15.5. The first-order chi connectivity index (χ1) is 13.2. The van der Waals surface area contributed by atoms with Gasteiger partial charge in [-0.15, -0.1) is 0 Å². The van der Waals surface area contributed by atoms with Crippen molar-refractivity contribution in [3.8, 4) is 5.75 Å². The van der Waals surface area contributed by atoms with Gasteiger partial charge >= 0.3 is 0 Å². The molecule has 0 aliphatic carbocycles. The van der Waals surface area contributed by atoms with Crippen LogP contribution in [0.2, 0.25) is 0 Å². The predicted octanol–water partition coefficient (Wildman–Crippen LogP) is 4.11. The van der Waals surface area contributed by atoms with Crippen molar-refractivity contribution in [2.75, 3.05) is 19.0 Å². The van der Waals surface area contributed by atoms with Crippen molar-refractivity contribution in [1.29, 1.82) is 0 Å². The third-order valence-electron chi connectivity index (χ3n) is 4.22. The van der Waals surface area contributed by atoms with Crippen LogP contribution < -0.4 is 15.4 Å². The summed E-state index contributed by atoms with van der Waals surface area (Å²) in [6, 6.07) is 19.3. The molecule has 2 aromatic carbocycles. The van der Waals surface area contributed by atoms with Crippen molar-refractivity contribution in [1.82, 2.24) is 10.3 Å². The first-order valence-corrected chi connectivity index (χ1v) is 8.85. The van der Waals surface area contributed by atoms with Gasteiger partial charge in [-0.25, -0.2) is 4.98 Å². The average Bonchev–Trinajstić information content (AvgIpc) is 2.70. The molecule has 0 saturated carbocycles. The minimum atomic E-state index is -0.126. The van der Waals surface area contributed by atoms with E-state index in [0.717, 1.165) is 17.0 Å². The monoisotopic (exact) mass is 361 g/mol. The number of nitrogens with zero attached hydrogens (tertiary/aromatic N) is 1. The van der Waals surface area contributed by atoms with E-state index in [1.807, 2.05) is 55.5 Å². The second kappa shape index (κ2) is 8.85. The van der Waals surface area contributed by atoms with Crippen molar-refractivity contribution in [3.63, 3.8) is 0 Å². The summed E-state index contributed by atoms with van der Waals surface area (Å²) in [7, 11) is 1.65. The highest BCUT2D eigenvalue weighted by atomic mass is 16.5. The number of aromatic nitrogens is 1. The molecule has 0 spiro atoms. The fourth-order valence-electron chi connectivity index (χ4n) is 2.75. The van der Waals surface area contributed by atoms with E-state index in [1.54, 1.807) is 25.4 Å². The van der Waals surface area contributed by atoms with Gasteiger partial charge in [0.1, 0.15) is 11.6 Å². The summed E-state index contributed by atoms with van der Waals surface area (Å²) < 4.78 is 5.34. The summed E-state index contributed by atoms with van der Waals surface area (Å²) in [5.74, 6) is 1.34. The summed E-state index contributed by atoms with van der Waals surface area (Å²) in [6.45, 7) is 2.57. The number of aryl methyl sites for hydroxylation is 1. The van der Waals surface area contributed by atoms with E-state index in [2.05, 4.69) is 15.6 Å². The Labute approximate surface area is 159 Å². The fourth-order valence-corrected chi connectivity index (χ4v) is 2.75. The smallest absolute Gasteiger partial charge is 0.251 e. The molecule has 0 bridgehead atoms. The van der Waals surface area contributed by atoms with Crippen molar-refractivity contribution in [3.05, 3.63) is 83.6 Å². The second-order valence-corrected chi connectivity index (χ2v) is 6.24. The summed E-state index contributed by atoms with van der Waals surface area (Å²) in [5.41, 5.74) is 3.76. The van der Waals surface area contributed by atoms with Crippen LogP contribution in [0.15, 0.2) is 66.9 Å². The first kappa shape index (κ1) is 18.5. The van der Waals surface area contributed by atoms with Crippen molar-refractivity contribution < 1.29 is 9.53 Å². The molecular formula is C22H23N3O2. The molecule has 27 heavy (non-hydrogen) atoms. The normalized spacial score (nSPS) is 10.3. The lowest BCUT2D eigenvalue weighted by Gasteiger charge is -2.10. The molecule has 0 radical (unpaired) electrons. The number of methoxy groups -OCH3 is 1. The van der Waals surface area contributed by atoms with E-state index in [0.29, 0.717) is 24.3 Å². The van der Waals surface area contributed by atoms with E-state index < -0.39 is 0 Å². The Morgan fingerprint density at radius 2 is 1.85 bits per heavy atom. The highest BCUT2D eigenvalue weighted by Gasteiger charge is 2.08. The number of anilines is 2. The van der Waals surface area contributed by atoms with Gasteiger partial charge in [0.25, 0.3) is 5.91 Å². The van der Waals surface area contributed by atoms with Crippen LogP contribution in [0.5, 0.6) is 5.75 Å². The van der Waals surface area contributed by atoms with Crippen LogP contribution in [0.1, 0.15) is 21.5 Å². The highest BCUT2D eigenvalue weighted by Crippen LogP contribution is 2.18. The molecule has 0 unspecified atom stereocenters. The Morgan fingerprint density at radius 3 is 2.63 bits per heavy atom. The number of carbonyl (C=O) groups excluding carboxylic acids is 1. The fraction of sp³-hybridized carbons (Fsp3) is 0.182. The van der Waals surface area contributed by atoms with Crippen LogP contribution in [0.25, 0.3) is 0 Å². The van der Waals surface area contributed by atoms with Crippen LogP contribution >= 0.6 is 0 Å². The van der Waals surface area contributed by atoms with Gasteiger partial charge in [-0.1, -0.05) is 35.9 Å². The molecule has 1 amide bonds. The predicted molar refractivity (Wildman–Crippen MR) is 108 cm³/mol. The lowest BCUT2D eigenvalue weighted by molar-refractivity contribution is 0.0954. The Bertz CT molecular complexity index is 907. The minimum Gasteiger partial charge on any atom is -0.496 e. The molecule has 0 aliphatic rings. The molecule has 2 N–H and O–H groups in total. The molecule has 3 aromatic rings. The van der Waals surface area contributed by atoms with E-state index in [-0.39, 0.29) is 5.91 Å². The summed E-state index contributed by atoms with van der Waals surface area (Å²) in [6.07, 6.45) is 2.33. The van der Waals surface area contributed by atoms with E-state index >= 15 is 0 Å². The largest absolute Gasteiger partial charge is 0.496 e. The van der Waals surface area contributed by atoms with Crippen LogP contribution in [-0.4, -0.2) is 24.5 Å². The molecule has 0 aliphatic heterocycles. The van der Waals surface area contributed by atoms with Crippen molar-refractivity contribution in [2.45, 2.75) is 13.3 Å². The van der Waals surface area contributed by atoms with Gasteiger partial charge in [0.15, 0.2) is 0 Å². The van der Waals surface area contributed by atoms with E-state index in [9.17, 15) is 4.79 Å². The van der Waals surface area contributed by atoms with Crippen LogP contribution in [0, 0.1) is 6.92 Å². The number of carbonyl (C=O) groups is 1. The maximum atomic E-state index is 12.4. The van der Waals surface area contributed by atoms with Gasteiger partial charge in [-0.3, -0.25) is 4.79 Å². The van der Waals surface area contributed by atoms with E-state index in [4.69, 9.17) is 4.74 Å². The number of hydrogen-bond acceptors (Lipinski definition) is 4. The molecule has 1 heterocycles. The molecule has 1 aromatic heterocycles. The van der Waals surface area contributed by atoms with Gasteiger partial charge in [-0.2, -0.15) is 0 Å². The highest BCUT2D eigenvalue weighted by molar-refractivity contribution is 5.94. The van der Waals surface area contributed by atoms with Gasteiger partial charge in [-0.05, 0) is 49.2 Å². The van der Waals surface area contributed by atoms with Gasteiger partial charge < -0.3 is 15.4 Å². The molecule has 138 valence electrons. The van der Waals surface area contributed by atoms with Crippen LogP contribution in [-0.2, 0) is 6.42 Å². The number of amides is 1. The number of ether oxygens (including phenoxy) is 1. The molecule has 0 saturated heterocycles. The number of rotatable bonds is 7. The Morgan fingerprint density at radius 1 is 1.07 bits per heavy atom. The Hall–Kier alpha value is -3.34. The standard InChI is InChI=1S/C22H23N3O2/c1-16-7-9-19(10-8-16)25-21-15-18(12-13-23-21)22(26)24-14-11-17-5-3-4-6-20(17)27-2/h3-10,12-13,15H,11,14H2,1-2H3,(H,23,25)(H,24,26). The molecular weight excluding hydrogens is 338 g/mol. The molecule has 5 heteroatoms. The van der Waals surface area contributed by atoms with Crippen molar-refractivity contribution in [2.24, 2.45) is 0 Å². The second-order valence-electron chi connectivity index (χ2n) is 6.24. The minimum absolute atomic E-state index is 0.126. The number of hydrogen-bond donors (Lipinski definition) is 2. The maximum absolute atomic E-state index is 12.4. The van der Waals surface area contributed by atoms with Gasteiger partial charge in [0.05, 0.1) is 7.11 Å². The topological polar surface area (TPSA) is 63.2 Å². The number of nitrogens with one attached hydrogen (secondary N) is 2. The zero-order valence-corrected chi connectivity index (χ0v) is 15.5. The maximum Gasteiger partial charge on any atom is 0.251 e. The summed E-state index contributed by atoms with van der Waals surface area (Å²) >= 11 is 0. The molecule has 0 fully saturated rings. The first-order valence-electron chi connectivity index (χ1n) is 8.85. The van der Waals surface area contributed by atoms with Crippen LogP contribution in [0.4, 0.5) is 11.5 Å². The Balaban J connectivity index is 1.59. The van der Waals surface area contributed by atoms with Crippen LogP contribution in [0.3, 0.4) is 0 Å². The van der Waals surface area contributed by atoms with E-state index in [1.165, 1.54) is 5.56 Å². The lowest BCUT2D eigenvalue weighted by atomic mass is 10.1. The number of benzene rings is 2.